The molecule has 0 aliphatic carbocycles. The third-order valence-electron chi connectivity index (χ3n) is 3.38. The number of hydrogen-bond acceptors (Lipinski definition) is 6. The number of nitrogens with zero attached hydrogens (tertiary/aromatic N) is 3. The van der Waals surface area contributed by atoms with E-state index in [1.165, 1.54) is 11.8 Å². The molecule has 0 fully saturated rings. The van der Waals surface area contributed by atoms with E-state index in [0.717, 1.165) is 10.9 Å². The molecule has 22 heavy (non-hydrogen) atoms. The number of H-pyrrole nitrogens is 1. The Bertz CT molecular complexity index is 907. The number of halogens is 1. The number of alkyl halides is 1. The highest BCUT2D eigenvalue weighted by Gasteiger charge is 2.45. The predicted octanol–water partition coefficient (Wildman–Crippen LogP) is 2.09. The molecule has 0 saturated heterocycles. The first-order valence-corrected chi connectivity index (χ1v) is 9.19. The average Bonchev–Trinajstić information content (AvgIpc) is 3.11. The summed E-state index contributed by atoms with van der Waals surface area (Å²) in [6.45, 7) is 0. The summed E-state index contributed by atoms with van der Waals surface area (Å²) >= 11 is 7.45. The number of aromatic amines is 1. The van der Waals surface area contributed by atoms with Crippen LogP contribution in [-0.4, -0.2) is 39.6 Å². The van der Waals surface area contributed by atoms with Crippen LogP contribution in [0.3, 0.4) is 0 Å². The highest BCUT2D eigenvalue weighted by atomic mass is 35.5. The normalized spacial score (nSPS) is 23.9. The second-order valence-electron chi connectivity index (χ2n) is 4.80. The van der Waals surface area contributed by atoms with E-state index in [1.54, 1.807) is 40.9 Å². The minimum absolute atomic E-state index is 0.460. The molecule has 0 radical (unpaired) electrons. The Morgan fingerprint density at radius 1 is 1.41 bits per heavy atom. The number of anilines is 1. The van der Waals surface area contributed by atoms with E-state index >= 15 is 0 Å². The van der Waals surface area contributed by atoms with Crippen LogP contribution in [0.5, 0.6) is 0 Å². The number of aliphatic imine (C=N–C) groups is 1. The standard InChI is InChI=1S/C12H10ClN5O2S2/c13-10-11(18-3-4-21-12(18)15-10)22(19,20)17-8-1-2-9-7(5-8)6-14-16-9/h1-6,10-11,17H,(H,14,16). The van der Waals surface area contributed by atoms with Crippen LogP contribution >= 0.6 is 23.4 Å². The van der Waals surface area contributed by atoms with Gasteiger partial charge >= 0.3 is 0 Å². The first-order valence-electron chi connectivity index (χ1n) is 6.33. The lowest BCUT2D eigenvalue weighted by molar-refractivity contribution is 0.504. The van der Waals surface area contributed by atoms with Crippen LogP contribution in [-0.2, 0) is 10.0 Å². The second kappa shape index (κ2) is 4.90. The average molecular weight is 356 g/mol. The van der Waals surface area contributed by atoms with Gasteiger partial charge in [0.05, 0.1) is 11.7 Å². The Hall–Kier alpha value is -1.71. The van der Waals surface area contributed by atoms with E-state index in [1.807, 2.05) is 0 Å². The van der Waals surface area contributed by atoms with Crippen molar-refractivity contribution < 1.29 is 8.42 Å². The molecule has 2 atom stereocenters. The second-order valence-corrected chi connectivity index (χ2v) is 7.90. The zero-order valence-electron chi connectivity index (χ0n) is 11.0. The fraction of sp³-hybridized carbons (Fsp3) is 0.167. The van der Waals surface area contributed by atoms with Crippen molar-refractivity contribution in [3.63, 3.8) is 0 Å². The van der Waals surface area contributed by atoms with Gasteiger partial charge in [0.15, 0.2) is 16.0 Å². The summed E-state index contributed by atoms with van der Waals surface area (Å²) in [5, 5.41) is 8.96. The van der Waals surface area contributed by atoms with Crippen molar-refractivity contribution in [2.75, 3.05) is 4.72 Å². The molecule has 2 aliphatic rings. The van der Waals surface area contributed by atoms with E-state index in [0.29, 0.717) is 10.9 Å². The maximum Gasteiger partial charge on any atom is 0.257 e. The van der Waals surface area contributed by atoms with Gasteiger partial charge < -0.3 is 4.90 Å². The molecular weight excluding hydrogens is 346 g/mol. The number of aromatic nitrogens is 2. The maximum atomic E-state index is 12.7. The molecule has 2 N–H and O–H groups in total. The maximum absolute atomic E-state index is 12.7. The Balaban J connectivity index is 1.65. The van der Waals surface area contributed by atoms with Crippen molar-refractivity contribution in [1.82, 2.24) is 15.1 Å². The van der Waals surface area contributed by atoms with Crippen molar-refractivity contribution in [2.45, 2.75) is 10.9 Å². The fourth-order valence-electron chi connectivity index (χ4n) is 2.40. The van der Waals surface area contributed by atoms with Gasteiger partial charge in [0, 0.05) is 17.3 Å². The molecule has 0 amide bonds. The van der Waals surface area contributed by atoms with Crippen LogP contribution < -0.4 is 4.72 Å². The molecule has 0 saturated carbocycles. The number of fused-ring (bicyclic) bond motifs is 2. The Labute approximate surface area is 135 Å². The lowest BCUT2D eigenvalue weighted by atomic mass is 10.2. The molecule has 7 nitrogen and oxygen atoms in total. The lowest BCUT2D eigenvalue weighted by Gasteiger charge is -2.22. The quantitative estimate of drug-likeness (QED) is 0.650. The first-order chi connectivity index (χ1) is 10.5. The highest BCUT2D eigenvalue weighted by Crippen LogP contribution is 2.35. The van der Waals surface area contributed by atoms with Gasteiger partial charge in [-0.2, -0.15) is 5.10 Å². The van der Waals surface area contributed by atoms with Crippen LogP contribution in [0.4, 0.5) is 5.69 Å². The van der Waals surface area contributed by atoms with Crippen LogP contribution in [0.25, 0.3) is 10.9 Å². The summed E-state index contributed by atoms with van der Waals surface area (Å²) in [4.78, 5) is 5.73. The SMILES string of the molecule is O=S(=O)(Nc1ccc2[nH]ncc2c1)C1C(Cl)N=C2SC=CN21. The van der Waals surface area contributed by atoms with Crippen molar-refractivity contribution in [1.29, 1.82) is 0 Å². The number of sulfonamides is 1. The Kier molecular flexibility index (Phi) is 3.10. The zero-order chi connectivity index (χ0) is 15.3. The number of thioether (sulfide) groups is 1. The number of benzene rings is 1. The summed E-state index contributed by atoms with van der Waals surface area (Å²) in [5.74, 6) is 0. The molecule has 3 heterocycles. The van der Waals surface area contributed by atoms with Gasteiger partial charge in [0.1, 0.15) is 0 Å². The minimum Gasteiger partial charge on any atom is -0.305 e. The van der Waals surface area contributed by atoms with Gasteiger partial charge in [-0.1, -0.05) is 23.4 Å². The van der Waals surface area contributed by atoms with Crippen molar-refractivity contribution in [2.24, 2.45) is 4.99 Å². The van der Waals surface area contributed by atoms with Crippen molar-refractivity contribution >= 4 is 55.1 Å². The monoisotopic (exact) mass is 355 g/mol. The van der Waals surface area contributed by atoms with E-state index in [4.69, 9.17) is 11.6 Å². The summed E-state index contributed by atoms with van der Waals surface area (Å²) < 4.78 is 27.9. The summed E-state index contributed by atoms with van der Waals surface area (Å²) in [6, 6.07) is 5.15. The third-order valence-corrected chi connectivity index (χ3v) is 6.29. The molecule has 2 unspecified atom stereocenters. The van der Waals surface area contributed by atoms with E-state index in [2.05, 4.69) is 19.9 Å². The van der Waals surface area contributed by atoms with E-state index in [-0.39, 0.29) is 0 Å². The zero-order valence-corrected chi connectivity index (χ0v) is 13.4. The summed E-state index contributed by atoms with van der Waals surface area (Å²) in [7, 11) is -3.73. The number of amidine groups is 1. The highest BCUT2D eigenvalue weighted by molar-refractivity contribution is 8.16. The topological polar surface area (TPSA) is 90.4 Å². The molecule has 10 heteroatoms. The van der Waals surface area contributed by atoms with Crippen molar-refractivity contribution in [3.8, 4) is 0 Å². The van der Waals surface area contributed by atoms with Gasteiger partial charge in [-0.05, 0) is 23.6 Å². The van der Waals surface area contributed by atoms with Crippen LogP contribution in [0.2, 0.25) is 0 Å². The molecule has 4 rings (SSSR count). The Morgan fingerprint density at radius 3 is 3.14 bits per heavy atom. The smallest absolute Gasteiger partial charge is 0.257 e. The molecule has 1 aromatic carbocycles. The predicted molar refractivity (Wildman–Crippen MR) is 88.1 cm³/mol. The molecule has 0 spiro atoms. The molecule has 0 bridgehead atoms. The molecular formula is C12H10ClN5O2S2. The van der Waals surface area contributed by atoms with E-state index in [9.17, 15) is 8.42 Å². The third kappa shape index (κ3) is 2.16. The lowest BCUT2D eigenvalue weighted by Crippen LogP contribution is -2.42. The molecule has 2 aliphatic heterocycles. The fourth-order valence-corrected chi connectivity index (χ4v) is 5.33. The number of nitrogens with one attached hydrogen (secondary N) is 2. The Morgan fingerprint density at radius 2 is 2.27 bits per heavy atom. The molecule has 1 aromatic heterocycles. The minimum atomic E-state index is -3.73. The van der Waals surface area contributed by atoms with E-state index < -0.39 is 20.9 Å². The van der Waals surface area contributed by atoms with Crippen LogP contribution in [0, 0.1) is 0 Å². The van der Waals surface area contributed by atoms with Gasteiger partial charge in [-0.15, -0.1) is 0 Å². The molecule has 114 valence electrons. The van der Waals surface area contributed by atoms with Crippen LogP contribution in [0.1, 0.15) is 0 Å². The van der Waals surface area contributed by atoms with Gasteiger partial charge in [0.2, 0.25) is 0 Å². The van der Waals surface area contributed by atoms with Gasteiger partial charge in [0.25, 0.3) is 10.0 Å². The summed E-state index contributed by atoms with van der Waals surface area (Å²) in [6.07, 6.45) is 3.31. The molecule has 2 aromatic rings. The number of rotatable bonds is 3. The largest absolute Gasteiger partial charge is 0.305 e. The van der Waals surface area contributed by atoms with Crippen LogP contribution in [0.15, 0.2) is 41.0 Å². The first kappa shape index (κ1) is 13.9. The van der Waals surface area contributed by atoms with Crippen molar-refractivity contribution in [3.05, 3.63) is 36.0 Å². The summed E-state index contributed by atoms with van der Waals surface area (Å²) in [5.41, 5.74) is 0.452. The van der Waals surface area contributed by atoms with Gasteiger partial charge in [-0.25, -0.2) is 13.4 Å². The van der Waals surface area contributed by atoms with Gasteiger partial charge in [-0.3, -0.25) is 9.82 Å². The number of hydrogen-bond donors (Lipinski definition) is 2.